The molecule has 4 rings (SSSR count). The first-order valence-electron chi connectivity index (χ1n) is 9.31. The number of aryl methyl sites for hydroxylation is 1. The molecule has 1 fully saturated rings. The monoisotopic (exact) mass is 352 g/mol. The summed E-state index contributed by atoms with van der Waals surface area (Å²) in [6.07, 6.45) is 5.09. The lowest BCUT2D eigenvalue weighted by Gasteiger charge is -2.28. The maximum atomic E-state index is 12.2. The van der Waals surface area contributed by atoms with Crippen molar-refractivity contribution >= 4 is 17.3 Å². The Morgan fingerprint density at radius 1 is 0.962 bits per heavy atom. The van der Waals surface area contributed by atoms with Gasteiger partial charge in [0.1, 0.15) is 0 Å². The Bertz CT molecular complexity index is 767. The smallest absolute Gasteiger partial charge is 0.231 e. The SMILES string of the molecule is O=C(CCc1ccc(N2CCCCC2)cc1)Nc1ccc2c(c1)OCO2. The highest BCUT2D eigenvalue weighted by molar-refractivity contribution is 5.91. The molecule has 1 N–H and O–H groups in total. The highest BCUT2D eigenvalue weighted by atomic mass is 16.7. The molecule has 0 unspecified atom stereocenters. The van der Waals surface area contributed by atoms with Crippen LogP contribution in [0.3, 0.4) is 0 Å². The average Bonchev–Trinajstić information content (AvgIpc) is 3.15. The summed E-state index contributed by atoms with van der Waals surface area (Å²) < 4.78 is 10.6. The number of benzene rings is 2. The van der Waals surface area contributed by atoms with Gasteiger partial charge in [0.2, 0.25) is 12.7 Å². The van der Waals surface area contributed by atoms with Crippen molar-refractivity contribution in [3.8, 4) is 11.5 Å². The molecule has 0 aromatic heterocycles. The minimum atomic E-state index is 0.00368. The number of hydrogen-bond donors (Lipinski definition) is 1. The number of hydrogen-bond acceptors (Lipinski definition) is 4. The number of nitrogens with zero attached hydrogens (tertiary/aromatic N) is 1. The molecule has 2 heterocycles. The van der Waals surface area contributed by atoms with Crippen molar-refractivity contribution in [1.82, 2.24) is 0 Å². The molecule has 26 heavy (non-hydrogen) atoms. The van der Waals surface area contributed by atoms with E-state index < -0.39 is 0 Å². The maximum Gasteiger partial charge on any atom is 0.231 e. The number of carbonyl (C=O) groups excluding carboxylic acids is 1. The van der Waals surface area contributed by atoms with Crippen LogP contribution in [0.15, 0.2) is 42.5 Å². The second-order valence-electron chi connectivity index (χ2n) is 6.83. The van der Waals surface area contributed by atoms with Gasteiger partial charge in [-0.2, -0.15) is 0 Å². The van der Waals surface area contributed by atoms with Gasteiger partial charge < -0.3 is 19.7 Å². The molecule has 1 saturated heterocycles. The molecule has 2 aliphatic heterocycles. The van der Waals surface area contributed by atoms with Crippen LogP contribution in [0.2, 0.25) is 0 Å². The minimum absolute atomic E-state index is 0.00368. The van der Waals surface area contributed by atoms with Gasteiger partial charge in [0.15, 0.2) is 11.5 Å². The van der Waals surface area contributed by atoms with Gasteiger partial charge in [-0.15, -0.1) is 0 Å². The van der Waals surface area contributed by atoms with Gasteiger partial charge in [-0.05, 0) is 55.5 Å². The Morgan fingerprint density at radius 2 is 1.73 bits per heavy atom. The van der Waals surface area contributed by atoms with Crippen molar-refractivity contribution in [1.29, 1.82) is 0 Å². The molecule has 0 saturated carbocycles. The van der Waals surface area contributed by atoms with Crippen LogP contribution in [0.25, 0.3) is 0 Å². The van der Waals surface area contributed by atoms with Gasteiger partial charge in [-0.1, -0.05) is 12.1 Å². The molecule has 2 aliphatic rings. The molecule has 0 bridgehead atoms. The first-order valence-corrected chi connectivity index (χ1v) is 9.31. The number of anilines is 2. The Balaban J connectivity index is 1.28. The van der Waals surface area contributed by atoms with Gasteiger partial charge in [0.25, 0.3) is 0 Å². The van der Waals surface area contributed by atoms with Gasteiger partial charge in [0, 0.05) is 37.0 Å². The summed E-state index contributed by atoms with van der Waals surface area (Å²) in [5.41, 5.74) is 3.21. The van der Waals surface area contributed by atoms with Gasteiger partial charge in [-0.3, -0.25) is 4.79 Å². The minimum Gasteiger partial charge on any atom is -0.454 e. The number of nitrogens with one attached hydrogen (secondary N) is 1. The summed E-state index contributed by atoms with van der Waals surface area (Å²) in [4.78, 5) is 14.7. The lowest BCUT2D eigenvalue weighted by Crippen LogP contribution is -2.29. The third-order valence-electron chi connectivity index (χ3n) is 4.95. The second-order valence-corrected chi connectivity index (χ2v) is 6.83. The summed E-state index contributed by atoms with van der Waals surface area (Å²) in [5, 5.41) is 2.92. The number of fused-ring (bicyclic) bond motifs is 1. The second kappa shape index (κ2) is 7.68. The van der Waals surface area contributed by atoms with E-state index in [2.05, 4.69) is 34.5 Å². The molecule has 0 aliphatic carbocycles. The third-order valence-corrected chi connectivity index (χ3v) is 4.95. The molecular formula is C21H24N2O3. The number of piperidine rings is 1. The van der Waals surface area contributed by atoms with Crippen LogP contribution in [0, 0.1) is 0 Å². The summed E-state index contributed by atoms with van der Waals surface area (Å²) >= 11 is 0. The van der Waals surface area contributed by atoms with Crippen LogP contribution in [-0.2, 0) is 11.2 Å². The van der Waals surface area contributed by atoms with Crippen LogP contribution < -0.4 is 19.7 Å². The molecule has 0 atom stereocenters. The predicted molar refractivity (Wildman–Crippen MR) is 102 cm³/mol. The maximum absolute atomic E-state index is 12.2. The zero-order valence-electron chi connectivity index (χ0n) is 14.9. The molecule has 136 valence electrons. The summed E-state index contributed by atoms with van der Waals surface area (Å²) in [6, 6.07) is 14.1. The molecule has 1 amide bonds. The van der Waals surface area contributed by atoms with E-state index in [1.54, 1.807) is 6.07 Å². The average molecular weight is 352 g/mol. The fourth-order valence-electron chi connectivity index (χ4n) is 3.48. The Morgan fingerprint density at radius 3 is 2.54 bits per heavy atom. The van der Waals surface area contributed by atoms with E-state index in [-0.39, 0.29) is 12.7 Å². The standard InChI is InChI=1S/C21H24N2O3/c24-21(22-17-7-10-19-20(14-17)26-15-25-19)11-6-16-4-8-18(9-5-16)23-12-2-1-3-13-23/h4-5,7-10,14H,1-3,6,11-13,15H2,(H,22,24). The van der Waals surface area contributed by atoms with Crippen molar-refractivity contribution in [3.05, 3.63) is 48.0 Å². The van der Waals surface area contributed by atoms with E-state index in [1.807, 2.05) is 12.1 Å². The summed E-state index contributed by atoms with van der Waals surface area (Å²) in [7, 11) is 0. The first-order chi connectivity index (χ1) is 12.8. The predicted octanol–water partition coefficient (Wildman–Crippen LogP) is 3.98. The molecule has 0 spiro atoms. The lowest BCUT2D eigenvalue weighted by molar-refractivity contribution is -0.116. The Hall–Kier alpha value is -2.69. The fraction of sp³-hybridized carbons (Fsp3) is 0.381. The van der Waals surface area contributed by atoms with E-state index >= 15 is 0 Å². The molecule has 2 aromatic carbocycles. The molecular weight excluding hydrogens is 328 g/mol. The van der Waals surface area contributed by atoms with E-state index in [0.717, 1.165) is 30.9 Å². The summed E-state index contributed by atoms with van der Waals surface area (Å²) in [5.74, 6) is 1.40. The first kappa shape index (κ1) is 16.8. The molecule has 2 aromatic rings. The van der Waals surface area contributed by atoms with Crippen LogP contribution in [0.4, 0.5) is 11.4 Å². The van der Waals surface area contributed by atoms with Crippen molar-refractivity contribution in [2.24, 2.45) is 0 Å². The summed E-state index contributed by atoms with van der Waals surface area (Å²) in [6.45, 7) is 2.54. The molecule has 5 nitrogen and oxygen atoms in total. The van der Waals surface area contributed by atoms with Crippen molar-refractivity contribution in [2.45, 2.75) is 32.1 Å². The van der Waals surface area contributed by atoms with Crippen LogP contribution in [0.5, 0.6) is 11.5 Å². The van der Waals surface area contributed by atoms with Crippen LogP contribution in [-0.4, -0.2) is 25.8 Å². The van der Waals surface area contributed by atoms with Crippen LogP contribution >= 0.6 is 0 Å². The zero-order valence-corrected chi connectivity index (χ0v) is 14.9. The number of ether oxygens (including phenoxy) is 2. The van der Waals surface area contributed by atoms with Gasteiger partial charge >= 0.3 is 0 Å². The molecule has 5 heteroatoms. The van der Waals surface area contributed by atoms with Crippen molar-refractivity contribution in [2.75, 3.05) is 30.1 Å². The number of rotatable bonds is 5. The highest BCUT2D eigenvalue weighted by Gasteiger charge is 2.14. The Labute approximate surface area is 153 Å². The number of carbonyl (C=O) groups is 1. The van der Waals surface area contributed by atoms with Gasteiger partial charge in [0.05, 0.1) is 0 Å². The fourth-order valence-corrected chi connectivity index (χ4v) is 3.48. The molecule has 0 radical (unpaired) electrons. The lowest BCUT2D eigenvalue weighted by atomic mass is 10.1. The van der Waals surface area contributed by atoms with Gasteiger partial charge in [-0.25, -0.2) is 0 Å². The number of amides is 1. The van der Waals surface area contributed by atoms with E-state index in [4.69, 9.17) is 9.47 Å². The van der Waals surface area contributed by atoms with E-state index in [9.17, 15) is 4.79 Å². The quantitative estimate of drug-likeness (QED) is 0.884. The third kappa shape index (κ3) is 3.93. The van der Waals surface area contributed by atoms with Crippen molar-refractivity contribution < 1.29 is 14.3 Å². The van der Waals surface area contributed by atoms with E-state index in [1.165, 1.54) is 30.5 Å². The topological polar surface area (TPSA) is 50.8 Å². The van der Waals surface area contributed by atoms with Crippen LogP contribution in [0.1, 0.15) is 31.2 Å². The van der Waals surface area contributed by atoms with E-state index in [0.29, 0.717) is 12.2 Å². The normalized spacial score (nSPS) is 15.8. The zero-order chi connectivity index (χ0) is 17.8. The largest absolute Gasteiger partial charge is 0.454 e. The van der Waals surface area contributed by atoms with Crippen molar-refractivity contribution in [3.63, 3.8) is 0 Å². The Kier molecular flexibility index (Phi) is 4.95. The highest BCUT2D eigenvalue weighted by Crippen LogP contribution is 2.34.